The van der Waals surface area contributed by atoms with Crippen LogP contribution in [0, 0.1) is 5.92 Å². The summed E-state index contributed by atoms with van der Waals surface area (Å²) in [6.07, 6.45) is 1.54. The first kappa shape index (κ1) is 9.23. The number of Topliss-reactive ketones (excluding diaryl/α,β-unsaturated/α-hetero) is 1. The van der Waals surface area contributed by atoms with Crippen LogP contribution in [0.25, 0.3) is 0 Å². The van der Waals surface area contributed by atoms with Crippen molar-refractivity contribution in [3.63, 3.8) is 0 Å². The molecule has 1 fully saturated rings. The SMILES string of the molecule is CC(C)C(=O)OC1CCC(=O)C1. The van der Waals surface area contributed by atoms with E-state index in [0.717, 1.165) is 0 Å². The summed E-state index contributed by atoms with van der Waals surface area (Å²) in [5.41, 5.74) is 0. The molecular formula is C9H14O3. The van der Waals surface area contributed by atoms with Crippen molar-refractivity contribution in [3.8, 4) is 0 Å². The lowest BCUT2D eigenvalue weighted by molar-refractivity contribution is -0.152. The number of rotatable bonds is 2. The Morgan fingerprint density at radius 1 is 1.58 bits per heavy atom. The normalized spacial score (nSPS) is 23.2. The molecule has 0 spiro atoms. The molecule has 0 saturated heterocycles. The van der Waals surface area contributed by atoms with Gasteiger partial charge in [0.25, 0.3) is 0 Å². The van der Waals surface area contributed by atoms with Gasteiger partial charge in [0.1, 0.15) is 11.9 Å². The van der Waals surface area contributed by atoms with Crippen LogP contribution in [0.3, 0.4) is 0 Å². The number of hydrogen-bond acceptors (Lipinski definition) is 3. The van der Waals surface area contributed by atoms with Crippen molar-refractivity contribution in [3.05, 3.63) is 0 Å². The van der Waals surface area contributed by atoms with Crippen molar-refractivity contribution in [2.75, 3.05) is 0 Å². The van der Waals surface area contributed by atoms with Crippen LogP contribution in [0.5, 0.6) is 0 Å². The fourth-order valence-corrected chi connectivity index (χ4v) is 1.18. The second-order valence-electron chi connectivity index (χ2n) is 3.50. The lowest BCUT2D eigenvalue weighted by Crippen LogP contribution is -2.19. The van der Waals surface area contributed by atoms with Crippen LogP contribution in [0.4, 0.5) is 0 Å². The monoisotopic (exact) mass is 170 g/mol. The van der Waals surface area contributed by atoms with Gasteiger partial charge in [0, 0.05) is 12.8 Å². The van der Waals surface area contributed by atoms with E-state index >= 15 is 0 Å². The molecule has 12 heavy (non-hydrogen) atoms. The quantitative estimate of drug-likeness (QED) is 0.587. The van der Waals surface area contributed by atoms with E-state index in [1.54, 1.807) is 13.8 Å². The first-order valence-electron chi connectivity index (χ1n) is 4.32. The molecule has 0 bridgehead atoms. The molecule has 68 valence electrons. The second kappa shape index (κ2) is 3.70. The summed E-state index contributed by atoms with van der Waals surface area (Å²) >= 11 is 0. The molecule has 3 nitrogen and oxygen atoms in total. The van der Waals surface area contributed by atoms with Gasteiger partial charge >= 0.3 is 5.97 Å². The maximum atomic E-state index is 11.1. The molecule has 0 aromatic rings. The highest BCUT2D eigenvalue weighted by Crippen LogP contribution is 2.19. The Bertz CT molecular complexity index is 196. The third-order valence-electron chi connectivity index (χ3n) is 1.95. The molecular weight excluding hydrogens is 156 g/mol. The molecule has 0 aliphatic heterocycles. The van der Waals surface area contributed by atoms with E-state index in [1.807, 2.05) is 0 Å². The van der Waals surface area contributed by atoms with Crippen LogP contribution in [-0.2, 0) is 14.3 Å². The van der Waals surface area contributed by atoms with Crippen molar-refractivity contribution in [1.29, 1.82) is 0 Å². The molecule has 0 radical (unpaired) electrons. The minimum absolute atomic E-state index is 0.0966. The Morgan fingerprint density at radius 3 is 2.67 bits per heavy atom. The molecule has 0 N–H and O–H groups in total. The third-order valence-corrected chi connectivity index (χ3v) is 1.95. The van der Waals surface area contributed by atoms with Crippen LogP contribution < -0.4 is 0 Å². The Balaban J connectivity index is 2.32. The zero-order valence-electron chi connectivity index (χ0n) is 7.50. The van der Waals surface area contributed by atoms with Gasteiger partial charge in [-0.25, -0.2) is 0 Å². The lowest BCUT2D eigenvalue weighted by Gasteiger charge is -2.11. The summed E-state index contributed by atoms with van der Waals surface area (Å²) in [6, 6.07) is 0. The largest absolute Gasteiger partial charge is 0.462 e. The van der Waals surface area contributed by atoms with Crippen molar-refractivity contribution in [2.24, 2.45) is 5.92 Å². The average molecular weight is 170 g/mol. The topological polar surface area (TPSA) is 43.4 Å². The van der Waals surface area contributed by atoms with Crippen LogP contribution in [0.1, 0.15) is 33.1 Å². The lowest BCUT2D eigenvalue weighted by atomic mass is 10.2. The van der Waals surface area contributed by atoms with Gasteiger partial charge in [-0.3, -0.25) is 9.59 Å². The summed E-state index contributed by atoms with van der Waals surface area (Å²) in [4.78, 5) is 21.9. The second-order valence-corrected chi connectivity index (χ2v) is 3.50. The minimum atomic E-state index is -0.199. The summed E-state index contributed by atoms with van der Waals surface area (Å²) in [6.45, 7) is 3.58. The first-order valence-corrected chi connectivity index (χ1v) is 4.32. The predicted octanol–water partition coefficient (Wildman–Crippen LogP) is 1.31. The van der Waals surface area contributed by atoms with Crippen molar-refractivity contribution < 1.29 is 14.3 Å². The highest BCUT2D eigenvalue weighted by atomic mass is 16.5. The highest BCUT2D eigenvalue weighted by molar-refractivity contribution is 5.81. The maximum absolute atomic E-state index is 11.1. The van der Waals surface area contributed by atoms with E-state index in [2.05, 4.69) is 0 Å². The molecule has 0 amide bonds. The predicted molar refractivity (Wildman–Crippen MR) is 43.6 cm³/mol. The van der Waals surface area contributed by atoms with Gasteiger partial charge in [-0.2, -0.15) is 0 Å². The zero-order valence-corrected chi connectivity index (χ0v) is 7.50. The van der Waals surface area contributed by atoms with Gasteiger partial charge in [0.15, 0.2) is 0 Å². The van der Waals surface area contributed by atoms with E-state index in [4.69, 9.17) is 4.74 Å². The first-order chi connectivity index (χ1) is 5.59. The molecule has 1 aliphatic rings. The van der Waals surface area contributed by atoms with E-state index in [0.29, 0.717) is 19.3 Å². The summed E-state index contributed by atoms with van der Waals surface area (Å²) in [5.74, 6) is -0.0908. The van der Waals surface area contributed by atoms with Gasteiger partial charge < -0.3 is 4.74 Å². The Labute approximate surface area is 72.1 Å². The number of hydrogen-bond donors (Lipinski definition) is 0. The average Bonchev–Trinajstić information content (AvgIpc) is 2.35. The highest BCUT2D eigenvalue weighted by Gasteiger charge is 2.25. The molecule has 1 rings (SSSR count). The Morgan fingerprint density at radius 2 is 2.25 bits per heavy atom. The number of ketones is 1. The Kier molecular flexibility index (Phi) is 2.84. The van der Waals surface area contributed by atoms with Crippen molar-refractivity contribution in [2.45, 2.75) is 39.2 Å². The maximum Gasteiger partial charge on any atom is 0.308 e. The number of esters is 1. The van der Waals surface area contributed by atoms with E-state index in [9.17, 15) is 9.59 Å². The van der Waals surface area contributed by atoms with Gasteiger partial charge in [-0.1, -0.05) is 13.8 Å². The summed E-state index contributed by atoms with van der Waals surface area (Å²) in [7, 11) is 0. The fourth-order valence-electron chi connectivity index (χ4n) is 1.18. The van der Waals surface area contributed by atoms with Crippen LogP contribution in [-0.4, -0.2) is 17.9 Å². The van der Waals surface area contributed by atoms with Crippen LogP contribution in [0.2, 0.25) is 0 Å². The van der Waals surface area contributed by atoms with Crippen molar-refractivity contribution >= 4 is 11.8 Å². The molecule has 1 unspecified atom stereocenters. The van der Waals surface area contributed by atoms with E-state index < -0.39 is 0 Å². The van der Waals surface area contributed by atoms with E-state index in [1.165, 1.54) is 0 Å². The summed E-state index contributed by atoms with van der Waals surface area (Å²) < 4.78 is 5.08. The smallest absolute Gasteiger partial charge is 0.308 e. The zero-order chi connectivity index (χ0) is 9.14. The molecule has 1 aliphatic carbocycles. The standard InChI is InChI=1S/C9H14O3/c1-6(2)9(11)12-8-4-3-7(10)5-8/h6,8H,3-5H2,1-2H3. The molecule has 3 heteroatoms. The third kappa shape index (κ3) is 2.32. The summed E-state index contributed by atoms with van der Waals surface area (Å²) in [5, 5.41) is 0. The molecule has 0 aromatic heterocycles. The Hall–Kier alpha value is -0.860. The molecule has 1 atom stereocenters. The molecule has 1 saturated carbocycles. The minimum Gasteiger partial charge on any atom is -0.462 e. The van der Waals surface area contributed by atoms with Gasteiger partial charge in [-0.15, -0.1) is 0 Å². The fraction of sp³-hybridized carbons (Fsp3) is 0.778. The molecule has 0 heterocycles. The van der Waals surface area contributed by atoms with Crippen molar-refractivity contribution in [1.82, 2.24) is 0 Å². The van der Waals surface area contributed by atoms with E-state index in [-0.39, 0.29) is 23.8 Å². The van der Waals surface area contributed by atoms with Gasteiger partial charge in [0.2, 0.25) is 0 Å². The van der Waals surface area contributed by atoms with Gasteiger partial charge in [-0.05, 0) is 6.42 Å². The van der Waals surface area contributed by atoms with Crippen LogP contribution in [0.15, 0.2) is 0 Å². The number of carbonyl (C=O) groups excluding carboxylic acids is 2. The van der Waals surface area contributed by atoms with Gasteiger partial charge in [0.05, 0.1) is 5.92 Å². The number of ether oxygens (including phenoxy) is 1. The molecule has 0 aromatic carbocycles. The van der Waals surface area contributed by atoms with Crippen LogP contribution >= 0.6 is 0 Å². The number of carbonyl (C=O) groups is 2.